The van der Waals surface area contributed by atoms with Crippen molar-refractivity contribution in [2.75, 3.05) is 7.11 Å². The fourth-order valence-electron chi connectivity index (χ4n) is 1.66. The van der Waals surface area contributed by atoms with E-state index in [1.807, 2.05) is 10.7 Å². The van der Waals surface area contributed by atoms with Gasteiger partial charge in [0, 0.05) is 0 Å². The summed E-state index contributed by atoms with van der Waals surface area (Å²) in [6.07, 6.45) is 0. The lowest BCUT2D eigenvalue weighted by atomic mass is 10.1. The van der Waals surface area contributed by atoms with E-state index in [0.29, 0.717) is 11.1 Å². The normalized spacial score (nSPS) is 11.8. The number of ether oxygens (including phenoxy) is 1. The Morgan fingerprint density at radius 3 is 2.65 bits per heavy atom. The van der Waals surface area contributed by atoms with Crippen molar-refractivity contribution in [1.29, 1.82) is 0 Å². The van der Waals surface area contributed by atoms with Gasteiger partial charge in [-0.15, -0.1) is 5.10 Å². The molecule has 1 aromatic heterocycles. The Morgan fingerprint density at radius 2 is 2.06 bits per heavy atom. The molecule has 1 aromatic carbocycles. The summed E-state index contributed by atoms with van der Waals surface area (Å²) < 4.78 is 6.50. The molecule has 0 saturated carbocycles. The smallest absolute Gasteiger partial charge is 0.337 e. The summed E-state index contributed by atoms with van der Waals surface area (Å²) in [5.41, 5.74) is 1.95. The predicted molar refractivity (Wildman–Crippen MR) is 63.9 cm³/mol. The van der Waals surface area contributed by atoms with Crippen molar-refractivity contribution in [3.8, 4) is 0 Å². The zero-order valence-electron chi connectivity index (χ0n) is 10.4. The van der Waals surface area contributed by atoms with Gasteiger partial charge in [0.1, 0.15) is 5.52 Å². The molecule has 0 saturated heterocycles. The van der Waals surface area contributed by atoms with E-state index in [1.165, 1.54) is 7.11 Å². The van der Waals surface area contributed by atoms with Crippen LogP contribution in [0.25, 0.3) is 11.0 Å². The van der Waals surface area contributed by atoms with Crippen LogP contribution in [0.5, 0.6) is 0 Å². The zero-order valence-corrected chi connectivity index (χ0v) is 10.4. The number of esters is 1. The Labute approximate surface area is 99.4 Å². The first-order chi connectivity index (χ1) is 7.93. The Bertz CT molecular complexity index is 567. The summed E-state index contributed by atoms with van der Waals surface area (Å²) >= 11 is 0. The first kappa shape index (κ1) is 11.6. The van der Waals surface area contributed by atoms with Gasteiger partial charge in [-0.2, -0.15) is 0 Å². The van der Waals surface area contributed by atoms with Gasteiger partial charge in [0.2, 0.25) is 0 Å². The summed E-state index contributed by atoms with van der Waals surface area (Å²) in [5.74, 6) is -0.364. The lowest BCUT2D eigenvalue weighted by molar-refractivity contribution is 0.0601. The Balaban J connectivity index is 2.56. The number of hydrogen-bond donors (Lipinski definition) is 0. The summed E-state index contributed by atoms with van der Waals surface area (Å²) in [6.45, 7) is 6.15. The molecule has 0 aliphatic carbocycles. The van der Waals surface area contributed by atoms with E-state index >= 15 is 0 Å². The number of benzene rings is 1. The number of nitrogens with zero attached hydrogens (tertiary/aromatic N) is 3. The van der Waals surface area contributed by atoms with Gasteiger partial charge in [0.25, 0.3) is 0 Å². The molecule has 0 N–H and O–H groups in total. The number of carbonyl (C=O) groups is 1. The molecule has 17 heavy (non-hydrogen) atoms. The number of rotatable bonds is 1. The largest absolute Gasteiger partial charge is 0.465 e. The molecule has 0 fully saturated rings. The molecular weight excluding hydrogens is 218 g/mol. The minimum Gasteiger partial charge on any atom is -0.465 e. The van der Waals surface area contributed by atoms with E-state index in [1.54, 1.807) is 12.1 Å². The molecule has 0 bridgehead atoms. The third kappa shape index (κ3) is 2.00. The molecule has 2 aromatic rings. The van der Waals surface area contributed by atoms with Crippen LogP contribution in [0.1, 0.15) is 31.1 Å². The number of carbonyl (C=O) groups excluding carboxylic acids is 1. The van der Waals surface area contributed by atoms with Gasteiger partial charge >= 0.3 is 5.97 Å². The van der Waals surface area contributed by atoms with Gasteiger partial charge in [-0.3, -0.25) is 0 Å². The van der Waals surface area contributed by atoms with Gasteiger partial charge in [-0.25, -0.2) is 9.48 Å². The van der Waals surface area contributed by atoms with E-state index in [4.69, 9.17) is 0 Å². The minimum absolute atomic E-state index is 0.137. The molecule has 0 radical (unpaired) electrons. The molecular formula is C12H15N3O2. The second-order valence-corrected chi connectivity index (χ2v) is 4.87. The first-order valence-electron chi connectivity index (χ1n) is 5.38. The number of methoxy groups -OCH3 is 1. The van der Waals surface area contributed by atoms with Gasteiger partial charge < -0.3 is 4.74 Å². The molecule has 5 heteroatoms. The lowest BCUT2D eigenvalue weighted by Gasteiger charge is -2.19. The SMILES string of the molecule is COC(=O)c1ccc2c(c1)nnn2C(C)(C)C. The van der Waals surface area contributed by atoms with Crippen LogP contribution in [0.15, 0.2) is 18.2 Å². The number of fused-ring (bicyclic) bond motifs is 1. The van der Waals surface area contributed by atoms with Crippen molar-refractivity contribution in [3.63, 3.8) is 0 Å². The van der Waals surface area contributed by atoms with E-state index in [-0.39, 0.29) is 11.5 Å². The fourth-order valence-corrected chi connectivity index (χ4v) is 1.66. The van der Waals surface area contributed by atoms with Crippen LogP contribution in [0.3, 0.4) is 0 Å². The van der Waals surface area contributed by atoms with Crippen molar-refractivity contribution in [1.82, 2.24) is 15.0 Å². The number of aromatic nitrogens is 3. The Morgan fingerprint density at radius 1 is 1.35 bits per heavy atom. The van der Waals surface area contributed by atoms with Crippen LogP contribution < -0.4 is 0 Å². The lowest BCUT2D eigenvalue weighted by Crippen LogP contribution is -2.23. The van der Waals surface area contributed by atoms with Crippen LogP contribution in [0, 0.1) is 0 Å². The van der Waals surface area contributed by atoms with E-state index in [2.05, 4.69) is 35.8 Å². The summed E-state index contributed by atoms with van der Waals surface area (Å²) in [4.78, 5) is 11.4. The molecule has 90 valence electrons. The van der Waals surface area contributed by atoms with Crippen LogP contribution in [-0.4, -0.2) is 28.1 Å². The van der Waals surface area contributed by atoms with Crippen LogP contribution in [-0.2, 0) is 10.3 Å². The molecule has 0 unspecified atom stereocenters. The van der Waals surface area contributed by atoms with Gasteiger partial charge in [0.05, 0.1) is 23.7 Å². The average Bonchev–Trinajstić information content (AvgIpc) is 2.70. The maximum atomic E-state index is 11.4. The maximum Gasteiger partial charge on any atom is 0.337 e. The molecule has 0 spiro atoms. The van der Waals surface area contributed by atoms with Crippen molar-refractivity contribution in [3.05, 3.63) is 23.8 Å². The topological polar surface area (TPSA) is 57.0 Å². The van der Waals surface area contributed by atoms with Crippen molar-refractivity contribution >= 4 is 17.0 Å². The molecule has 2 rings (SSSR count). The molecule has 0 amide bonds. The van der Waals surface area contributed by atoms with Gasteiger partial charge in [0.15, 0.2) is 0 Å². The van der Waals surface area contributed by atoms with Crippen LogP contribution >= 0.6 is 0 Å². The summed E-state index contributed by atoms with van der Waals surface area (Å²) in [7, 11) is 1.36. The predicted octanol–water partition coefficient (Wildman–Crippen LogP) is 1.97. The highest BCUT2D eigenvalue weighted by atomic mass is 16.5. The average molecular weight is 233 g/mol. The first-order valence-corrected chi connectivity index (χ1v) is 5.38. The molecule has 5 nitrogen and oxygen atoms in total. The molecule has 0 aliphatic heterocycles. The summed E-state index contributed by atoms with van der Waals surface area (Å²) in [6, 6.07) is 5.25. The van der Waals surface area contributed by atoms with Crippen LogP contribution in [0.2, 0.25) is 0 Å². The van der Waals surface area contributed by atoms with Gasteiger partial charge in [-0.1, -0.05) is 5.21 Å². The van der Waals surface area contributed by atoms with Crippen molar-refractivity contribution in [2.45, 2.75) is 26.3 Å². The highest BCUT2D eigenvalue weighted by Gasteiger charge is 2.18. The molecule has 0 atom stereocenters. The van der Waals surface area contributed by atoms with Crippen LogP contribution in [0.4, 0.5) is 0 Å². The highest BCUT2D eigenvalue weighted by Crippen LogP contribution is 2.21. The second kappa shape index (κ2) is 3.84. The molecule has 0 aliphatic rings. The highest BCUT2D eigenvalue weighted by molar-refractivity contribution is 5.93. The fraction of sp³-hybridized carbons (Fsp3) is 0.417. The van der Waals surface area contributed by atoms with Crippen molar-refractivity contribution < 1.29 is 9.53 Å². The Hall–Kier alpha value is -1.91. The monoisotopic (exact) mass is 233 g/mol. The van der Waals surface area contributed by atoms with Crippen molar-refractivity contribution in [2.24, 2.45) is 0 Å². The zero-order chi connectivity index (χ0) is 12.6. The standard InChI is InChI=1S/C12H15N3O2/c1-12(2,3)15-10-6-5-8(11(16)17-4)7-9(10)13-14-15/h5-7H,1-4H3. The second-order valence-electron chi connectivity index (χ2n) is 4.87. The number of hydrogen-bond acceptors (Lipinski definition) is 4. The van der Waals surface area contributed by atoms with Gasteiger partial charge in [-0.05, 0) is 39.0 Å². The quantitative estimate of drug-likeness (QED) is 0.707. The summed E-state index contributed by atoms with van der Waals surface area (Å²) in [5, 5.41) is 8.18. The Kier molecular flexibility index (Phi) is 2.61. The molecule has 1 heterocycles. The third-order valence-electron chi connectivity index (χ3n) is 2.50. The van der Waals surface area contributed by atoms with E-state index < -0.39 is 0 Å². The van der Waals surface area contributed by atoms with E-state index in [9.17, 15) is 4.79 Å². The van der Waals surface area contributed by atoms with E-state index in [0.717, 1.165) is 5.52 Å². The third-order valence-corrected chi connectivity index (χ3v) is 2.50. The maximum absolute atomic E-state index is 11.4. The minimum atomic E-state index is -0.364.